The second-order valence-electron chi connectivity index (χ2n) is 3.75. The van der Waals surface area contributed by atoms with Gasteiger partial charge in [-0.15, -0.1) is 0 Å². The van der Waals surface area contributed by atoms with Crippen LogP contribution >= 0.6 is 34.5 Å². The van der Waals surface area contributed by atoms with Crippen LogP contribution in [0.3, 0.4) is 0 Å². The van der Waals surface area contributed by atoms with Gasteiger partial charge in [-0.2, -0.15) is 11.3 Å². The average Bonchev–Trinajstić information content (AvgIpc) is 3.01. The van der Waals surface area contributed by atoms with Crippen molar-refractivity contribution >= 4 is 34.5 Å². The highest BCUT2D eigenvalue weighted by molar-refractivity contribution is 7.08. The van der Waals surface area contributed by atoms with E-state index in [1.54, 1.807) is 17.4 Å². The van der Waals surface area contributed by atoms with E-state index in [-0.39, 0.29) is 0 Å². The molecule has 0 aliphatic heterocycles. The number of imidazole rings is 1. The molecule has 5 heteroatoms. The molecular weight excluding hydrogens is 287 g/mol. The number of hydrogen-bond acceptors (Lipinski definition) is 2. The number of aromatic nitrogens is 2. The SMILES string of the molecule is Clc1cccc(-c2c[nH]c(-c3ccsc3)n2)c1Cl. The normalized spacial score (nSPS) is 10.8. The van der Waals surface area contributed by atoms with Crippen molar-refractivity contribution < 1.29 is 0 Å². The smallest absolute Gasteiger partial charge is 0.138 e. The van der Waals surface area contributed by atoms with Crippen LogP contribution in [0.2, 0.25) is 10.0 Å². The Balaban J connectivity index is 2.06. The fourth-order valence-electron chi connectivity index (χ4n) is 1.71. The van der Waals surface area contributed by atoms with E-state index in [0.29, 0.717) is 10.0 Å². The summed E-state index contributed by atoms with van der Waals surface area (Å²) in [5.41, 5.74) is 2.70. The summed E-state index contributed by atoms with van der Waals surface area (Å²) in [4.78, 5) is 7.68. The van der Waals surface area contributed by atoms with Crippen molar-refractivity contribution in [2.24, 2.45) is 0 Å². The number of rotatable bonds is 2. The lowest BCUT2D eigenvalue weighted by atomic mass is 10.2. The maximum atomic E-state index is 6.18. The molecule has 18 heavy (non-hydrogen) atoms. The number of nitrogens with zero attached hydrogens (tertiary/aromatic N) is 1. The monoisotopic (exact) mass is 294 g/mol. The van der Waals surface area contributed by atoms with Gasteiger partial charge in [-0.3, -0.25) is 0 Å². The summed E-state index contributed by atoms with van der Waals surface area (Å²) in [6.07, 6.45) is 1.84. The Morgan fingerprint density at radius 2 is 2.06 bits per heavy atom. The summed E-state index contributed by atoms with van der Waals surface area (Å²) in [5, 5.41) is 5.13. The fourth-order valence-corrected chi connectivity index (χ4v) is 2.75. The number of thiophene rings is 1. The van der Waals surface area contributed by atoms with Crippen molar-refractivity contribution in [2.75, 3.05) is 0 Å². The molecule has 0 saturated carbocycles. The predicted molar refractivity (Wildman–Crippen MR) is 77.4 cm³/mol. The standard InChI is InChI=1S/C13H8Cl2N2S/c14-10-3-1-2-9(12(10)15)11-6-16-13(17-11)8-4-5-18-7-8/h1-7H,(H,16,17). The van der Waals surface area contributed by atoms with Gasteiger partial charge in [-0.1, -0.05) is 35.3 Å². The number of aromatic amines is 1. The molecule has 0 amide bonds. The highest BCUT2D eigenvalue weighted by Crippen LogP contribution is 2.33. The lowest BCUT2D eigenvalue weighted by molar-refractivity contribution is 1.32. The first kappa shape index (κ1) is 11.8. The second-order valence-corrected chi connectivity index (χ2v) is 5.31. The molecule has 2 heterocycles. The minimum absolute atomic E-state index is 0.530. The second kappa shape index (κ2) is 4.76. The summed E-state index contributed by atoms with van der Waals surface area (Å²) in [6, 6.07) is 7.55. The van der Waals surface area contributed by atoms with Crippen LogP contribution in [-0.2, 0) is 0 Å². The molecule has 0 atom stereocenters. The van der Waals surface area contributed by atoms with E-state index in [1.165, 1.54) is 0 Å². The summed E-state index contributed by atoms with van der Waals surface area (Å²) < 4.78 is 0. The van der Waals surface area contributed by atoms with Crippen LogP contribution in [0.15, 0.2) is 41.2 Å². The highest BCUT2D eigenvalue weighted by Gasteiger charge is 2.11. The maximum Gasteiger partial charge on any atom is 0.138 e. The van der Waals surface area contributed by atoms with Crippen molar-refractivity contribution in [1.29, 1.82) is 0 Å². The van der Waals surface area contributed by atoms with Gasteiger partial charge in [0.2, 0.25) is 0 Å². The summed E-state index contributed by atoms with van der Waals surface area (Å²) in [5.74, 6) is 0.835. The zero-order valence-electron chi connectivity index (χ0n) is 9.15. The molecule has 0 spiro atoms. The lowest BCUT2D eigenvalue weighted by Crippen LogP contribution is -1.81. The molecule has 1 aromatic carbocycles. The van der Waals surface area contributed by atoms with E-state index in [0.717, 1.165) is 22.6 Å². The van der Waals surface area contributed by atoms with Gasteiger partial charge >= 0.3 is 0 Å². The third kappa shape index (κ3) is 2.05. The molecule has 1 N–H and O–H groups in total. The Bertz CT molecular complexity index is 674. The Morgan fingerprint density at radius 1 is 1.17 bits per heavy atom. The first-order chi connectivity index (χ1) is 8.75. The molecule has 3 aromatic rings. The molecule has 0 unspecified atom stereocenters. The number of H-pyrrole nitrogens is 1. The van der Waals surface area contributed by atoms with E-state index < -0.39 is 0 Å². The van der Waals surface area contributed by atoms with Crippen LogP contribution in [0, 0.1) is 0 Å². The molecule has 0 aliphatic carbocycles. The maximum absolute atomic E-state index is 6.18. The number of halogens is 2. The van der Waals surface area contributed by atoms with E-state index >= 15 is 0 Å². The summed E-state index contributed by atoms with van der Waals surface area (Å²) in [7, 11) is 0. The van der Waals surface area contributed by atoms with Crippen LogP contribution < -0.4 is 0 Å². The molecule has 0 radical (unpaired) electrons. The summed E-state index contributed by atoms with van der Waals surface area (Å²) >= 11 is 13.8. The van der Waals surface area contributed by atoms with Crippen LogP contribution in [0.5, 0.6) is 0 Å². The van der Waals surface area contributed by atoms with Gasteiger partial charge in [0.15, 0.2) is 0 Å². The molecule has 0 saturated heterocycles. The minimum Gasteiger partial charge on any atom is -0.344 e. The van der Waals surface area contributed by atoms with E-state index in [2.05, 4.69) is 9.97 Å². The van der Waals surface area contributed by atoms with Gasteiger partial charge in [0.1, 0.15) is 5.82 Å². The quantitative estimate of drug-likeness (QED) is 0.699. The van der Waals surface area contributed by atoms with Crippen LogP contribution in [0.4, 0.5) is 0 Å². The highest BCUT2D eigenvalue weighted by atomic mass is 35.5. The first-order valence-electron chi connectivity index (χ1n) is 5.28. The molecular formula is C13H8Cl2N2S. The zero-order valence-corrected chi connectivity index (χ0v) is 11.5. The van der Waals surface area contributed by atoms with E-state index in [4.69, 9.17) is 23.2 Å². The van der Waals surface area contributed by atoms with E-state index in [1.807, 2.05) is 35.2 Å². The summed E-state index contributed by atoms with van der Waals surface area (Å²) in [6.45, 7) is 0. The van der Waals surface area contributed by atoms with Crippen LogP contribution in [0.1, 0.15) is 0 Å². The predicted octanol–water partition coefficient (Wildman–Crippen LogP) is 5.11. The number of nitrogens with one attached hydrogen (secondary N) is 1. The van der Waals surface area contributed by atoms with Crippen molar-refractivity contribution in [1.82, 2.24) is 9.97 Å². The van der Waals surface area contributed by atoms with Crippen molar-refractivity contribution in [3.05, 3.63) is 51.3 Å². The Kier molecular flexibility index (Phi) is 3.12. The van der Waals surface area contributed by atoms with Gasteiger partial charge < -0.3 is 4.98 Å². The van der Waals surface area contributed by atoms with Crippen molar-refractivity contribution in [3.8, 4) is 22.6 Å². The van der Waals surface area contributed by atoms with Gasteiger partial charge in [0.25, 0.3) is 0 Å². The molecule has 0 aliphatic rings. The number of hydrogen-bond donors (Lipinski definition) is 1. The number of benzene rings is 1. The molecule has 0 bridgehead atoms. The fraction of sp³-hybridized carbons (Fsp3) is 0. The Labute approximate surface area is 118 Å². The zero-order chi connectivity index (χ0) is 12.5. The molecule has 2 nitrogen and oxygen atoms in total. The largest absolute Gasteiger partial charge is 0.344 e. The molecule has 2 aromatic heterocycles. The molecule has 0 fully saturated rings. The Morgan fingerprint density at radius 3 is 2.83 bits per heavy atom. The van der Waals surface area contributed by atoms with Crippen molar-refractivity contribution in [3.63, 3.8) is 0 Å². The minimum atomic E-state index is 0.530. The van der Waals surface area contributed by atoms with Gasteiger partial charge in [0, 0.05) is 22.7 Å². The van der Waals surface area contributed by atoms with Gasteiger partial charge in [-0.25, -0.2) is 4.98 Å². The van der Waals surface area contributed by atoms with E-state index in [9.17, 15) is 0 Å². The van der Waals surface area contributed by atoms with Crippen molar-refractivity contribution in [2.45, 2.75) is 0 Å². The molecule has 3 rings (SSSR count). The lowest BCUT2D eigenvalue weighted by Gasteiger charge is -2.01. The van der Waals surface area contributed by atoms with Crippen LogP contribution in [-0.4, -0.2) is 9.97 Å². The third-order valence-electron chi connectivity index (χ3n) is 2.60. The van der Waals surface area contributed by atoms with Gasteiger partial charge in [-0.05, 0) is 17.5 Å². The van der Waals surface area contributed by atoms with Gasteiger partial charge in [0.05, 0.1) is 15.7 Å². The topological polar surface area (TPSA) is 28.7 Å². The molecule has 90 valence electrons. The van der Waals surface area contributed by atoms with Crippen LogP contribution in [0.25, 0.3) is 22.6 Å². The Hall–Kier alpha value is -1.29. The first-order valence-corrected chi connectivity index (χ1v) is 6.98. The average molecular weight is 295 g/mol. The third-order valence-corrected chi connectivity index (χ3v) is 4.10.